The highest BCUT2D eigenvalue weighted by Crippen LogP contribution is 2.60. The summed E-state index contributed by atoms with van der Waals surface area (Å²) in [4.78, 5) is 2.17. The van der Waals surface area contributed by atoms with E-state index >= 15 is 0 Å². The molecular weight excluding hydrogens is 373 g/mol. The Morgan fingerprint density at radius 2 is 1.44 bits per heavy atom. The highest BCUT2D eigenvalue weighted by atomic mass is 35.5. The molecule has 144 valence electrons. The van der Waals surface area contributed by atoms with Crippen LogP contribution in [0.25, 0.3) is 0 Å². The molecule has 0 atom stereocenters. The maximum Gasteiger partial charge on any atom is 0.0699 e. The summed E-state index contributed by atoms with van der Waals surface area (Å²) in [5.41, 5.74) is 5.42. The number of benzene rings is 2. The van der Waals surface area contributed by atoms with Crippen molar-refractivity contribution in [2.45, 2.75) is 54.7 Å². The van der Waals surface area contributed by atoms with Gasteiger partial charge in [0.25, 0.3) is 0 Å². The van der Waals surface area contributed by atoms with Crippen LogP contribution in [-0.4, -0.2) is 25.0 Å². The molecule has 2 fully saturated rings. The molecule has 2 saturated carbocycles. The number of rotatable bonds is 9. The molecule has 4 rings (SSSR count). The van der Waals surface area contributed by atoms with Crippen molar-refractivity contribution in [3.63, 3.8) is 0 Å². The van der Waals surface area contributed by atoms with Crippen molar-refractivity contribution in [3.8, 4) is 0 Å². The molecule has 0 bridgehead atoms. The predicted octanol–water partition coefficient (Wildman–Crippen LogP) is 6.25. The van der Waals surface area contributed by atoms with E-state index in [4.69, 9.17) is 23.2 Å². The van der Waals surface area contributed by atoms with E-state index in [1.54, 1.807) is 0 Å². The fourth-order valence-electron chi connectivity index (χ4n) is 3.90. The van der Waals surface area contributed by atoms with Crippen LogP contribution in [0.5, 0.6) is 0 Å². The van der Waals surface area contributed by atoms with E-state index < -0.39 is 0 Å². The maximum absolute atomic E-state index is 6.80. The average Bonchev–Trinajstić information content (AvgIpc) is 3.60. The zero-order valence-electron chi connectivity index (χ0n) is 16.2. The molecule has 2 aromatic carbocycles. The molecule has 0 N–H and O–H groups in total. The Balaban J connectivity index is 1.31. The monoisotopic (exact) mass is 401 g/mol. The number of hydrogen-bond acceptors (Lipinski definition) is 1. The van der Waals surface area contributed by atoms with Gasteiger partial charge in [0.05, 0.1) is 9.75 Å². The molecule has 0 spiro atoms. The quantitative estimate of drug-likeness (QED) is 0.448. The molecule has 2 aliphatic rings. The minimum atomic E-state index is -0.137. The minimum absolute atomic E-state index is 0.129. The first-order chi connectivity index (χ1) is 13.0. The average molecular weight is 402 g/mol. The molecule has 0 unspecified atom stereocenters. The molecule has 2 aromatic rings. The highest BCUT2D eigenvalue weighted by molar-refractivity contribution is 6.28. The summed E-state index contributed by atoms with van der Waals surface area (Å²) in [6.07, 6.45) is 7.72. The van der Waals surface area contributed by atoms with E-state index in [1.165, 1.54) is 28.7 Å². The van der Waals surface area contributed by atoms with Crippen molar-refractivity contribution in [3.05, 3.63) is 70.8 Å². The summed E-state index contributed by atoms with van der Waals surface area (Å²) in [5, 5.41) is 0. The molecule has 27 heavy (non-hydrogen) atoms. The van der Waals surface area contributed by atoms with Gasteiger partial charge in [0.1, 0.15) is 0 Å². The third-order valence-corrected chi connectivity index (χ3v) is 7.22. The minimum Gasteiger partial charge on any atom is -0.306 e. The number of halogens is 2. The third-order valence-electron chi connectivity index (χ3n) is 6.06. The van der Waals surface area contributed by atoms with Crippen molar-refractivity contribution in [1.29, 1.82) is 0 Å². The molecular formula is C24H29Cl2N. The first-order valence-corrected chi connectivity index (χ1v) is 11.0. The summed E-state index contributed by atoms with van der Waals surface area (Å²) >= 11 is 13.5. The van der Waals surface area contributed by atoms with Crippen LogP contribution in [0.15, 0.2) is 48.5 Å². The lowest BCUT2D eigenvalue weighted by Gasteiger charge is -2.20. The van der Waals surface area contributed by atoms with Crippen molar-refractivity contribution in [1.82, 2.24) is 4.90 Å². The molecule has 0 saturated heterocycles. The normalized spacial score (nSPS) is 19.3. The number of aryl methyl sites for hydroxylation is 1. The van der Waals surface area contributed by atoms with E-state index in [0.29, 0.717) is 0 Å². The number of hydrogen-bond donors (Lipinski definition) is 0. The molecule has 0 radical (unpaired) electrons. The molecule has 0 aromatic heterocycles. The number of likely N-dealkylation sites (N-methyl/N-ethyl adjacent to an activating group) is 1. The smallest absolute Gasteiger partial charge is 0.0699 e. The first-order valence-electron chi connectivity index (χ1n) is 10.2. The van der Waals surface area contributed by atoms with Gasteiger partial charge in [0.2, 0.25) is 0 Å². The molecule has 3 heteroatoms. The van der Waals surface area contributed by atoms with Crippen molar-refractivity contribution < 1.29 is 0 Å². The van der Waals surface area contributed by atoms with Crippen LogP contribution in [0.3, 0.4) is 0 Å². The molecule has 0 amide bonds. The van der Waals surface area contributed by atoms with Crippen LogP contribution in [0.2, 0.25) is 0 Å². The molecule has 0 heterocycles. The van der Waals surface area contributed by atoms with Gasteiger partial charge >= 0.3 is 0 Å². The van der Waals surface area contributed by atoms with Crippen LogP contribution >= 0.6 is 23.2 Å². The van der Waals surface area contributed by atoms with Crippen LogP contribution < -0.4 is 0 Å². The van der Waals surface area contributed by atoms with Gasteiger partial charge < -0.3 is 4.90 Å². The zero-order valence-corrected chi connectivity index (χ0v) is 17.7. The van der Waals surface area contributed by atoms with Gasteiger partial charge in [-0.3, -0.25) is 0 Å². The lowest BCUT2D eigenvalue weighted by Crippen LogP contribution is -2.22. The van der Waals surface area contributed by atoms with E-state index in [1.807, 2.05) is 0 Å². The van der Waals surface area contributed by atoms with Crippen LogP contribution in [0.1, 0.15) is 54.4 Å². The van der Waals surface area contributed by atoms with Crippen molar-refractivity contribution in [2.24, 2.45) is 0 Å². The summed E-state index contributed by atoms with van der Waals surface area (Å²) in [7, 11) is 2.22. The Morgan fingerprint density at radius 3 is 2.11 bits per heavy atom. The van der Waals surface area contributed by atoms with Gasteiger partial charge in [-0.25, -0.2) is 0 Å². The Hall–Kier alpha value is -1.02. The van der Waals surface area contributed by atoms with Gasteiger partial charge in [0.15, 0.2) is 0 Å². The lowest BCUT2D eigenvalue weighted by molar-refractivity contribution is 0.333. The zero-order chi connectivity index (χ0) is 18.9. The van der Waals surface area contributed by atoms with E-state index in [-0.39, 0.29) is 9.75 Å². The molecule has 0 aliphatic heterocycles. The summed E-state index contributed by atoms with van der Waals surface area (Å²) < 4.78 is 0. The topological polar surface area (TPSA) is 3.24 Å². The Kier molecular flexibility index (Phi) is 5.56. The second-order valence-corrected chi connectivity index (χ2v) is 9.90. The Bertz CT molecular complexity index is 778. The standard InChI is InChI=1S/C24H29Cl2N/c1-27(17-11-19-6-3-2-4-7-19)16-5-8-20-9-10-21(23(25)12-13-23)22(18-20)24(26)14-15-24/h2-4,6-7,9-10,18H,5,8,11-17H2,1H3. The largest absolute Gasteiger partial charge is 0.306 e. The third kappa shape index (κ3) is 4.70. The Labute approximate surface area is 173 Å². The summed E-state index contributed by atoms with van der Waals surface area (Å²) in [6, 6.07) is 17.6. The SMILES string of the molecule is CN(CCCc1ccc(C2(Cl)CC2)c(C2(Cl)CC2)c1)CCc1ccccc1. The van der Waals surface area contributed by atoms with Gasteiger partial charge in [-0.05, 0) is 80.8 Å². The van der Waals surface area contributed by atoms with E-state index in [9.17, 15) is 0 Å². The molecule has 2 aliphatic carbocycles. The van der Waals surface area contributed by atoms with Gasteiger partial charge in [-0.15, -0.1) is 23.2 Å². The summed E-state index contributed by atoms with van der Waals surface area (Å²) in [6.45, 7) is 2.23. The number of nitrogens with zero attached hydrogens (tertiary/aromatic N) is 1. The Morgan fingerprint density at radius 1 is 0.778 bits per heavy atom. The fourth-order valence-corrected chi connectivity index (χ4v) is 4.41. The van der Waals surface area contributed by atoms with Crippen LogP contribution in [0.4, 0.5) is 0 Å². The first kappa shape index (κ1) is 19.3. The predicted molar refractivity (Wildman–Crippen MR) is 116 cm³/mol. The second-order valence-electron chi connectivity index (χ2n) is 8.45. The van der Waals surface area contributed by atoms with E-state index in [2.05, 4.69) is 60.5 Å². The fraction of sp³-hybridized carbons (Fsp3) is 0.500. The van der Waals surface area contributed by atoms with Crippen molar-refractivity contribution in [2.75, 3.05) is 20.1 Å². The van der Waals surface area contributed by atoms with Crippen LogP contribution in [0, 0.1) is 0 Å². The number of alkyl halides is 2. The van der Waals surface area contributed by atoms with Gasteiger partial charge in [-0.1, -0.05) is 48.5 Å². The second kappa shape index (κ2) is 7.78. The molecule has 1 nitrogen and oxygen atoms in total. The lowest BCUT2D eigenvalue weighted by atomic mass is 9.94. The van der Waals surface area contributed by atoms with Gasteiger partial charge in [-0.2, -0.15) is 0 Å². The highest BCUT2D eigenvalue weighted by Gasteiger charge is 2.50. The maximum atomic E-state index is 6.80. The van der Waals surface area contributed by atoms with Crippen LogP contribution in [-0.2, 0) is 22.6 Å². The van der Waals surface area contributed by atoms with E-state index in [0.717, 1.165) is 51.6 Å². The van der Waals surface area contributed by atoms with Gasteiger partial charge in [0, 0.05) is 6.54 Å². The summed E-state index contributed by atoms with van der Waals surface area (Å²) in [5.74, 6) is 0. The van der Waals surface area contributed by atoms with Crippen molar-refractivity contribution >= 4 is 23.2 Å².